The molecule has 2 heterocycles. The number of anilines is 1. The summed E-state index contributed by atoms with van der Waals surface area (Å²) in [4.78, 5) is 27.9. The number of halogens is 2. The highest BCUT2D eigenvalue weighted by molar-refractivity contribution is 6.31. The fraction of sp³-hybridized carbons (Fsp3) is 0.833. The van der Waals surface area contributed by atoms with Gasteiger partial charge >= 0.3 is 5.97 Å². The Morgan fingerprint density at radius 2 is 1.29 bits per heavy atom. The van der Waals surface area contributed by atoms with Crippen molar-refractivity contribution in [1.29, 1.82) is 0 Å². The van der Waals surface area contributed by atoms with Gasteiger partial charge in [-0.1, -0.05) is 0 Å². The minimum atomic E-state index is -0.475. The van der Waals surface area contributed by atoms with Crippen molar-refractivity contribution in [3.63, 3.8) is 0 Å². The van der Waals surface area contributed by atoms with Gasteiger partial charge in [0.15, 0.2) is 0 Å². The number of ether oxygens (including phenoxy) is 6. The van der Waals surface area contributed by atoms with Gasteiger partial charge in [-0.15, -0.1) is 0 Å². The summed E-state index contributed by atoms with van der Waals surface area (Å²) in [5.41, 5.74) is -0.475. The summed E-state index contributed by atoms with van der Waals surface area (Å²) >= 11 is 11.8. The van der Waals surface area contributed by atoms with E-state index in [0.717, 1.165) is 19.6 Å². The van der Waals surface area contributed by atoms with E-state index in [-0.39, 0.29) is 23.0 Å². The molecule has 0 spiro atoms. The maximum Gasteiger partial charge on any atom is 0.308 e. The van der Waals surface area contributed by atoms with E-state index in [2.05, 4.69) is 19.9 Å². The van der Waals surface area contributed by atoms with E-state index in [1.807, 2.05) is 25.7 Å². The van der Waals surface area contributed by atoms with Crippen LogP contribution in [0.25, 0.3) is 0 Å². The minimum absolute atomic E-state index is 0.0542. The fourth-order valence-corrected chi connectivity index (χ4v) is 3.68. The van der Waals surface area contributed by atoms with Gasteiger partial charge < -0.3 is 33.3 Å². The van der Waals surface area contributed by atoms with Crippen LogP contribution in [0.3, 0.4) is 0 Å². The van der Waals surface area contributed by atoms with E-state index in [4.69, 9.17) is 51.6 Å². The number of carbonyl (C=O) groups excluding carboxylic acids is 1. The van der Waals surface area contributed by atoms with Gasteiger partial charge in [0.25, 0.3) is 0 Å². The maximum atomic E-state index is 11.6. The summed E-state index contributed by atoms with van der Waals surface area (Å²) in [7, 11) is 0. The molecule has 1 aliphatic rings. The van der Waals surface area contributed by atoms with Crippen molar-refractivity contribution in [3.05, 3.63) is 10.6 Å². The van der Waals surface area contributed by atoms with Crippen molar-refractivity contribution in [2.45, 2.75) is 32.8 Å². The van der Waals surface area contributed by atoms with Crippen LogP contribution >= 0.6 is 23.2 Å². The average molecular weight is 583 g/mol. The Morgan fingerprint density at radius 1 is 0.789 bits per heavy atom. The van der Waals surface area contributed by atoms with Crippen LogP contribution in [0.4, 0.5) is 5.95 Å². The van der Waals surface area contributed by atoms with E-state index >= 15 is 0 Å². The SMILES string of the molecule is CC(C)(C)OC(=O)CCOCCOCCOCCN1CCOCCN(c2nc(Cl)nc(Cl)n2)CCOCC1. The van der Waals surface area contributed by atoms with Gasteiger partial charge in [0.1, 0.15) is 5.60 Å². The third-order valence-electron chi connectivity index (χ3n) is 5.13. The predicted octanol–water partition coefficient (Wildman–Crippen LogP) is 2.12. The van der Waals surface area contributed by atoms with Crippen LogP contribution < -0.4 is 4.90 Å². The summed E-state index contributed by atoms with van der Waals surface area (Å²) in [5.74, 6) is 0.147. The quantitative estimate of drug-likeness (QED) is 0.251. The zero-order valence-corrected chi connectivity index (χ0v) is 24.2. The molecule has 0 unspecified atom stereocenters. The lowest BCUT2D eigenvalue weighted by atomic mass is 10.2. The lowest BCUT2D eigenvalue weighted by Crippen LogP contribution is -2.38. The number of hydrogen-bond donors (Lipinski definition) is 0. The molecule has 12 nitrogen and oxygen atoms in total. The number of hydrogen-bond acceptors (Lipinski definition) is 12. The van der Waals surface area contributed by atoms with Crippen LogP contribution in [0.2, 0.25) is 10.6 Å². The molecular weight excluding hydrogens is 541 g/mol. The standard InChI is InChI=1S/C24H41Cl2N5O7/c1-24(2,3)38-20(32)4-10-33-16-18-37-19-17-36-13-7-30-5-11-34-14-8-31(9-15-35-12-6-30)23-28-21(25)27-22(26)29-23/h4-19H2,1-3H3. The molecule has 0 saturated carbocycles. The second-order valence-corrected chi connectivity index (χ2v) is 10.1. The fourth-order valence-electron chi connectivity index (χ4n) is 3.33. The number of rotatable bonds is 13. The van der Waals surface area contributed by atoms with Gasteiger partial charge in [-0.3, -0.25) is 9.69 Å². The monoisotopic (exact) mass is 581 g/mol. The van der Waals surface area contributed by atoms with Crippen LogP contribution in [-0.2, 0) is 33.2 Å². The second-order valence-electron chi connectivity index (χ2n) is 9.40. The molecule has 1 aromatic rings. The van der Waals surface area contributed by atoms with Crippen molar-refractivity contribution in [2.75, 3.05) is 104 Å². The number of aromatic nitrogens is 3. The Kier molecular flexibility index (Phi) is 16.3. The average Bonchev–Trinajstić information content (AvgIpc) is 2.82. The number of esters is 1. The molecule has 0 aliphatic carbocycles. The smallest absolute Gasteiger partial charge is 0.308 e. The first-order valence-corrected chi connectivity index (χ1v) is 13.6. The van der Waals surface area contributed by atoms with Crippen LogP contribution in [0.1, 0.15) is 27.2 Å². The van der Waals surface area contributed by atoms with E-state index in [1.165, 1.54) is 0 Å². The largest absolute Gasteiger partial charge is 0.460 e. The van der Waals surface area contributed by atoms with Gasteiger partial charge in [0.05, 0.1) is 72.5 Å². The highest BCUT2D eigenvalue weighted by Crippen LogP contribution is 2.14. The second kappa shape index (κ2) is 18.8. The van der Waals surface area contributed by atoms with Crippen molar-refractivity contribution in [3.8, 4) is 0 Å². The molecule has 0 aromatic carbocycles. The number of nitrogens with zero attached hydrogens (tertiary/aromatic N) is 5. The van der Waals surface area contributed by atoms with E-state index in [0.29, 0.717) is 85.1 Å². The van der Waals surface area contributed by atoms with Crippen LogP contribution in [0, 0.1) is 0 Å². The molecule has 1 saturated heterocycles. The van der Waals surface area contributed by atoms with Crippen molar-refractivity contribution in [1.82, 2.24) is 19.9 Å². The highest BCUT2D eigenvalue weighted by atomic mass is 35.5. The lowest BCUT2D eigenvalue weighted by Gasteiger charge is -2.26. The summed E-state index contributed by atoms with van der Waals surface area (Å²) in [6.07, 6.45) is 0.233. The molecule has 2 rings (SSSR count). The Balaban J connectivity index is 1.51. The summed E-state index contributed by atoms with van der Waals surface area (Å²) in [5, 5.41) is 0.108. The third-order valence-corrected chi connectivity index (χ3v) is 5.47. The molecule has 218 valence electrons. The highest BCUT2D eigenvalue weighted by Gasteiger charge is 2.16. The first-order valence-electron chi connectivity index (χ1n) is 12.9. The molecule has 0 bridgehead atoms. The lowest BCUT2D eigenvalue weighted by molar-refractivity contribution is -0.156. The minimum Gasteiger partial charge on any atom is -0.460 e. The molecule has 0 atom stereocenters. The predicted molar refractivity (Wildman–Crippen MR) is 143 cm³/mol. The number of carbonyl (C=O) groups is 1. The van der Waals surface area contributed by atoms with Crippen LogP contribution in [-0.4, -0.2) is 130 Å². The molecule has 1 fully saturated rings. The van der Waals surface area contributed by atoms with Crippen molar-refractivity contribution >= 4 is 35.1 Å². The van der Waals surface area contributed by atoms with Gasteiger partial charge in [0.2, 0.25) is 16.5 Å². The summed E-state index contributed by atoms with van der Waals surface area (Å²) < 4.78 is 33.5. The normalized spacial score (nSPS) is 16.6. The van der Waals surface area contributed by atoms with Gasteiger partial charge in [-0.25, -0.2) is 0 Å². The van der Waals surface area contributed by atoms with Crippen LogP contribution in [0.5, 0.6) is 0 Å². The molecule has 38 heavy (non-hydrogen) atoms. The zero-order valence-electron chi connectivity index (χ0n) is 22.7. The maximum absolute atomic E-state index is 11.6. The van der Waals surface area contributed by atoms with Crippen LogP contribution in [0.15, 0.2) is 0 Å². The first-order chi connectivity index (χ1) is 18.2. The van der Waals surface area contributed by atoms with E-state index in [1.54, 1.807) is 0 Å². The summed E-state index contributed by atoms with van der Waals surface area (Å²) in [6, 6.07) is 0. The molecule has 0 N–H and O–H groups in total. The van der Waals surface area contributed by atoms with E-state index in [9.17, 15) is 4.79 Å². The molecule has 14 heteroatoms. The molecule has 1 aliphatic heterocycles. The third kappa shape index (κ3) is 15.9. The molecule has 0 radical (unpaired) electrons. The first kappa shape index (κ1) is 32.8. The topological polar surface area (TPSA) is 118 Å². The Hall–Kier alpha value is -1.38. The molecule has 1 aromatic heterocycles. The van der Waals surface area contributed by atoms with Crippen molar-refractivity contribution < 1.29 is 33.2 Å². The Labute approximate surface area is 235 Å². The Bertz CT molecular complexity index is 770. The molecular formula is C24H41Cl2N5O7. The van der Waals surface area contributed by atoms with E-state index < -0.39 is 5.60 Å². The zero-order chi connectivity index (χ0) is 27.6. The summed E-state index contributed by atoms with van der Waals surface area (Å²) in [6.45, 7) is 13.9. The van der Waals surface area contributed by atoms with Gasteiger partial charge in [-0.2, -0.15) is 15.0 Å². The van der Waals surface area contributed by atoms with Gasteiger partial charge in [0, 0.05) is 32.7 Å². The Morgan fingerprint density at radius 3 is 1.84 bits per heavy atom. The van der Waals surface area contributed by atoms with Crippen molar-refractivity contribution in [2.24, 2.45) is 0 Å². The molecule has 0 amide bonds. The van der Waals surface area contributed by atoms with Gasteiger partial charge in [-0.05, 0) is 44.0 Å².